The number of rotatable bonds is 17. The zero-order chi connectivity index (χ0) is 26.4. The van der Waals surface area contributed by atoms with E-state index in [1.165, 1.54) is 0 Å². The molecule has 14 heteroatoms. The molecule has 0 heterocycles. The maximum atomic E-state index is 12.9. The Morgan fingerprint density at radius 1 is 0.765 bits per heavy atom. The summed E-state index contributed by atoms with van der Waals surface area (Å²) >= 11 is 0. The van der Waals surface area contributed by atoms with Crippen LogP contribution in [0.4, 0.5) is 0 Å². The molecule has 0 aliphatic heterocycles. The molecule has 34 heavy (non-hydrogen) atoms. The SMILES string of the molecule is CC(C)CC(N)C(=O)NC(CCCCN)C(=O)NC(CC(N)=O)C(=O)NC(CC(N)=O)C(=O)O. The number of carbonyl (C=O) groups excluding carboxylic acids is 5. The lowest BCUT2D eigenvalue weighted by Crippen LogP contribution is -2.58. The largest absolute Gasteiger partial charge is 0.480 e. The summed E-state index contributed by atoms with van der Waals surface area (Å²) in [6.07, 6.45) is 0.233. The van der Waals surface area contributed by atoms with E-state index in [4.69, 9.17) is 28.0 Å². The second-order valence-electron chi connectivity index (χ2n) is 8.38. The third-order valence-electron chi connectivity index (χ3n) is 4.70. The van der Waals surface area contributed by atoms with Crippen molar-refractivity contribution in [3.8, 4) is 0 Å². The van der Waals surface area contributed by atoms with Crippen LogP contribution in [0, 0.1) is 5.92 Å². The summed E-state index contributed by atoms with van der Waals surface area (Å²) in [6.45, 7) is 4.13. The Bertz CT molecular complexity index is 745. The highest BCUT2D eigenvalue weighted by Gasteiger charge is 2.31. The minimum absolute atomic E-state index is 0.136. The van der Waals surface area contributed by atoms with E-state index < -0.39 is 72.5 Å². The number of aliphatic carboxylic acids is 1. The van der Waals surface area contributed by atoms with Crippen LogP contribution in [-0.2, 0) is 28.8 Å². The standard InChI is InChI=1S/C20H37N7O7/c1-10(2)7-11(22)17(30)25-12(5-3-4-6-21)18(31)26-13(8-15(23)28)19(32)27-14(20(33)34)9-16(24)29/h10-14H,3-9,21-22H2,1-2H3,(H2,23,28)(H2,24,29)(H,25,30)(H,26,31)(H,27,32)(H,33,34). The van der Waals surface area contributed by atoms with Crippen molar-refractivity contribution in [1.29, 1.82) is 0 Å². The quantitative estimate of drug-likeness (QED) is 0.0957. The van der Waals surface area contributed by atoms with Crippen LogP contribution in [0.2, 0.25) is 0 Å². The predicted molar refractivity (Wildman–Crippen MR) is 121 cm³/mol. The van der Waals surface area contributed by atoms with Gasteiger partial charge in [-0.2, -0.15) is 0 Å². The Hall–Kier alpha value is -3.26. The van der Waals surface area contributed by atoms with Gasteiger partial charge in [0.15, 0.2) is 0 Å². The van der Waals surface area contributed by atoms with E-state index in [2.05, 4.69) is 10.6 Å². The Morgan fingerprint density at radius 3 is 1.71 bits per heavy atom. The maximum Gasteiger partial charge on any atom is 0.326 e. The van der Waals surface area contributed by atoms with E-state index in [1.54, 1.807) is 0 Å². The van der Waals surface area contributed by atoms with Crippen molar-refractivity contribution in [3.63, 3.8) is 0 Å². The normalized spacial score (nSPS) is 14.4. The maximum absolute atomic E-state index is 12.9. The number of nitrogens with one attached hydrogen (secondary N) is 3. The van der Waals surface area contributed by atoms with Crippen molar-refractivity contribution in [1.82, 2.24) is 16.0 Å². The van der Waals surface area contributed by atoms with E-state index in [-0.39, 0.29) is 12.3 Å². The molecule has 4 unspecified atom stereocenters. The van der Waals surface area contributed by atoms with Crippen LogP contribution >= 0.6 is 0 Å². The van der Waals surface area contributed by atoms with Gasteiger partial charge in [-0.25, -0.2) is 4.79 Å². The molecular weight excluding hydrogens is 450 g/mol. The van der Waals surface area contributed by atoms with Gasteiger partial charge in [0.1, 0.15) is 18.1 Å². The van der Waals surface area contributed by atoms with Crippen molar-refractivity contribution in [2.45, 2.75) is 76.5 Å². The highest BCUT2D eigenvalue weighted by Crippen LogP contribution is 2.07. The number of carbonyl (C=O) groups is 6. The summed E-state index contributed by atoms with van der Waals surface area (Å²) in [5.41, 5.74) is 21.5. The average molecular weight is 488 g/mol. The third-order valence-corrected chi connectivity index (χ3v) is 4.70. The number of unbranched alkanes of at least 4 members (excludes halogenated alkanes) is 1. The van der Waals surface area contributed by atoms with Gasteiger partial charge in [-0.05, 0) is 38.1 Å². The fraction of sp³-hybridized carbons (Fsp3) is 0.700. The van der Waals surface area contributed by atoms with Crippen molar-refractivity contribution >= 4 is 35.5 Å². The lowest BCUT2D eigenvalue weighted by Gasteiger charge is -2.25. The van der Waals surface area contributed by atoms with Gasteiger partial charge in [-0.15, -0.1) is 0 Å². The number of carboxylic acids is 1. The Morgan fingerprint density at radius 2 is 1.24 bits per heavy atom. The number of amides is 5. The van der Waals surface area contributed by atoms with Crippen LogP contribution in [0.3, 0.4) is 0 Å². The highest BCUT2D eigenvalue weighted by atomic mass is 16.4. The van der Waals surface area contributed by atoms with Crippen LogP contribution in [0.5, 0.6) is 0 Å². The molecule has 0 aromatic carbocycles. The first-order valence-corrected chi connectivity index (χ1v) is 10.9. The first kappa shape index (κ1) is 30.7. The number of nitrogens with two attached hydrogens (primary N) is 4. The topological polar surface area (TPSA) is 263 Å². The molecule has 12 N–H and O–H groups in total. The van der Waals surface area contributed by atoms with Gasteiger partial charge < -0.3 is 44.0 Å². The molecule has 5 amide bonds. The first-order valence-electron chi connectivity index (χ1n) is 10.9. The molecule has 0 bridgehead atoms. The lowest BCUT2D eigenvalue weighted by molar-refractivity contribution is -0.144. The summed E-state index contributed by atoms with van der Waals surface area (Å²) < 4.78 is 0. The molecular formula is C20H37N7O7. The molecule has 0 radical (unpaired) electrons. The van der Waals surface area contributed by atoms with Crippen LogP contribution in [0.15, 0.2) is 0 Å². The van der Waals surface area contributed by atoms with Gasteiger partial charge in [0, 0.05) is 0 Å². The summed E-state index contributed by atoms with van der Waals surface area (Å²) in [7, 11) is 0. The van der Waals surface area contributed by atoms with Gasteiger partial charge in [0.25, 0.3) is 0 Å². The summed E-state index contributed by atoms with van der Waals surface area (Å²) in [5, 5.41) is 16.1. The summed E-state index contributed by atoms with van der Waals surface area (Å²) in [4.78, 5) is 71.7. The number of primary amides is 2. The van der Waals surface area contributed by atoms with Crippen LogP contribution in [-0.4, -0.2) is 71.3 Å². The van der Waals surface area contributed by atoms with Gasteiger partial charge >= 0.3 is 5.97 Å². The van der Waals surface area contributed by atoms with Crippen LogP contribution in [0.1, 0.15) is 52.4 Å². The van der Waals surface area contributed by atoms with E-state index in [1.807, 2.05) is 19.2 Å². The molecule has 0 rings (SSSR count). The molecule has 4 atom stereocenters. The minimum atomic E-state index is -1.67. The Kier molecular flexibility index (Phi) is 14.1. The van der Waals surface area contributed by atoms with E-state index in [0.717, 1.165) is 0 Å². The van der Waals surface area contributed by atoms with Gasteiger partial charge in [0.05, 0.1) is 18.9 Å². The molecule has 0 aromatic heterocycles. The lowest BCUT2D eigenvalue weighted by atomic mass is 10.0. The van der Waals surface area contributed by atoms with Crippen molar-refractivity contribution in [2.75, 3.05) is 6.54 Å². The second-order valence-corrected chi connectivity index (χ2v) is 8.38. The zero-order valence-corrected chi connectivity index (χ0v) is 19.5. The fourth-order valence-electron chi connectivity index (χ4n) is 3.01. The first-order chi connectivity index (χ1) is 15.8. The Labute approximate surface area is 197 Å². The molecule has 0 aromatic rings. The molecule has 0 spiro atoms. The summed E-state index contributed by atoms with van der Waals surface area (Å²) in [6, 6.07) is -5.19. The van der Waals surface area contributed by atoms with Gasteiger partial charge in [-0.3, -0.25) is 24.0 Å². The van der Waals surface area contributed by atoms with Crippen LogP contribution < -0.4 is 38.9 Å². The fourth-order valence-corrected chi connectivity index (χ4v) is 3.01. The molecule has 0 aliphatic rings. The summed E-state index contributed by atoms with van der Waals surface area (Å²) in [5.74, 6) is -5.77. The third kappa shape index (κ3) is 12.7. The minimum Gasteiger partial charge on any atom is -0.480 e. The van der Waals surface area contributed by atoms with Gasteiger partial charge in [-0.1, -0.05) is 13.8 Å². The smallest absolute Gasteiger partial charge is 0.326 e. The van der Waals surface area contributed by atoms with E-state index >= 15 is 0 Å². The number of hydrogen-bond acceptors (Lipinski definition) is 8. The monoisotopic (exact) mass is 487 g/mol. The van der Waals surface area contributed by atoms with E-state index in [9.17, 15) is 28.8 Å². The van der Waals surface area contributed by atoms with Crippen molar-refractivity contribution in [2.24, 2.45) is 28.9 Å². The van der Waals surface area contributed by atoms with Crippen molar-refractivity contribution < 1.29 is 33.9 Å². The second kappa shape index (κ2) is 15.6. The number of carboxylic acid groups (broad SMARTS) is 1. The molecule has 0 fully saturated rings. The van der Waals surface area contributed by atoms with E-state index in [0.29, 0.717) is 25.8 Å². The average Bonchev–Trinajstić information content (AvgIpc) is 2.70. The molecule has 0 saturated heterocycles. The molecule has 0 saturated carbocycles. The Balaban J connectivity index is 5.54. The highest BCUT2D eigenvalue weighted by molar-refractivity contribution is 5.96. The molecule has 194 valence electrons. The van der Waals surface area contributed by atoms with Crippen LogP contribution in [0.25, 0.3) is 0 Å². The molecule has 0 aliphatic carbocycles. The zero-order valence-electron chi connectivity index (χ0n) is 19.5. The van der Waals surface area contributed by atoms with Gasteiger partial charge in [0.2, 0.25) is 29.5 Å². The van der Waals surface area contributed by atoms with Crippen molar-refractivity contribution in [3.05, 3.63) is 0 Å². The predicted octanol–water partition coefficient (Wildman–Crippen LogP) is -3.22. The molecule has 14 nitrogen and oxygen atoms in total. The number of hydrogen-bond donors (Lipinski definition) is 8.